The highest BCUT2D eigenvalue weighted by molar-refractivity contribution is 7.98. The van der Waals surface area contributed by atoms with E-state index >= 15 is 0 Å². The van der Waals surface area contributed by atoms with Crippen molar-refractivity contribution in [3.8, 4) is 17.2 Å². The summed E-state index contributed by atoms with van der Waals surface area (Å²) >= 11 is 1.65. The highest BCUT2D eigenvalue weighted by Gasteiger charge is 2.40. The Morgan fingerprint density at radius 2 is 1.70 bits per heavy atom. The smallest absolute Gasteiger partial charge is 0.251 e. The summed E-state index contributed by atoms with van der Waals surface area (Å²) in [6.07, 6.45) is 1.50. The van der Waals surface area contributed by atoms with Gasteiger partial charge in [0.25, 0.3) is 10.0 Å². The molecule has 0 radical (unpaired) electrons. The molecule has 5 rings (SSSR count). The molecule has 4 aromatic rings. The molecule has 0 saturated carbocycles. The summed E-state index contributed by atoms with van der Waals surface area (Å²) < 4.78 is 48.9. The SMILES string of the molecule is CSc1ccc(Oc2cccc3c2S(=O)(=O)N(C(C)c2ccccc2)CC(COCc2ccccc2)O3)cc1C. The molecule has 1 aliphatic heterocycles. The number of ether oxygens (including phenoxy) is 3. The fourth-order valence-electron chi connectivity index (χ4n) is 4.83. The molecule has 40 heavy (non-hydrogen) atoms. The third-order valence-electron chi connectivity index (χ3n) is 6.91. The summed E-state index contributed by atoms with van der Waals surface area (Å²) in [6.45, 7) is 4.66. The Morgan fingerprint density at radius 1 is 0.975 bits per heavy atom. The van der Waals surface area contributed by atoms with E-state index in [2.05, 4.69) is 0 Å². The van der Waals surface area contributed by atoms with Gasteiger partial charge in [-0.25, -0.2) is 8.42 Å². The first-order valence-electron chi connectivity index (χ1n) is 13.2. The minimum absolute atomic E-state index is 0.0231. The van der Waals surface area contributed by atoms with Crippen LogP contribution in [0, 0.1) is 6.92 Å². The van der Waals surface area contributed by atoms with Crippen LogP contribution in [0.15, 0.2) is 107 Å². The van der Waals surface area contributed by atoms with Gasteiger partial charge in [-0.2, -0.15) is 4.31 Å². The molecule has 2 unspecified atom stereocenters. The molecule has 0 spiro atoms. The predicted molar refractivity (Wildman–Crippen MR) is 159 cm³/mol. The van der Waals surface area contributed by atoms with E-state index in [1.165, 1.54) is 4.31 Å². The second-order valence-corrected chi connectivity index (χ2v) is 12.4. The molecular weight excluding hydrogens is 542 g/mol. The van der Waals surface area contributed by atoms with Crippen LogP contribution in [0.2, 0.25) is 0 Å². The van der Waals surface area contributed by atoms with Gasteiger partial charge in [0.1, 0.15) is 17.6 Å². The van der Waals surface area contributed by atoms with Crippen molar-refractivity contribution in [1.82, 2.24) is 4.31 Å². The van der Waals surface area contributed by atoms with Crippen LogP contribution in [-0.2, 0) is 21.4 Å². The Bertz CT molecular complexity index is 1540. The summed E-state index contributed by atoms with van der Waals surface area (Å²) in [5, 5.41) is 0. The lowest BCUT2D eigenvalue weighted by molar-refractivity contribution is 0.0313. The fraction of sp³-hybridized carbons (Fsp3) is 0.250. The fourth-order valence-corrected chi connectivity index (χ4v) is 7.29. The minimum Gasteiger partial charge on any atom is -0.485 e. The van der Waals surface area contributed by atoms with Crippen LogP contribution in [0.5, 0.6) is 17.2 Å². The van der Waals surface area contributed by atoms with Crippen molar-refractivity contribution in [3.63, 3.8) is 0 Å². The lowest BCUT2D eigenvalue weighted by Crippen LogP contribution is -2.40. The van der Waals surface area contributed by atoms with Crippen LogP contribution >= 0.6 is 11.8 Å². The zero-order valence-corrected chi connectivity index (χ0v) is 24.5. The van der Waals surface area contributed by atoms with E-state index in [-0.39, 0.29) is 29.5 Å². The highest BCUT2D eigenvalue weighted by Crippen LogP contribution is 2.43. The van der Waals surface area contributed by atoms with Gasteiger partial charge < -0.3 is 14.2 Å². The van der Waals surface area contributed by atoms with Crippen molar-refractivity contribution >= 4 is 21.8 Å². The molecular formula is C32H33NO5S2. The first-order valence-corrected chi connectivity index (χ1v) is 15.8. The summed E-state index contributed by atoms with van der Waals surface area (Å²) in [6, 6.07) is 29.9. The van der Waals surface area contributed by atoms with E-state index in [9.17, 15) is 8.42 Å². The van der Waals surface area contributed by atoms with Gasteiger partial charge in [0, 0.05) is 10.9 Å². The summed E-state index contributed by atoms with van der Waals surface area (Å²) in [5.41, 5.74) is 2.98. The van der Waals surface area contributed by atoms with Crippen LogP contribution < -0.4 is 9.47 Å². The average Bonchev–Trinajstić information content (AvgIpc) is 3.07. The second kappa shape index (κ2) is 12.5. The largest absolute Gasteiger partial charge is 0.485 e. The molecule has 0 N–H and O–H groups in total. The Labute approximate surface area is 241 Å². The molecule has 1 heterocycles. The van der Waals surface area contributed by atoms with Crippen LogP contribution in [0.3, 0.4) is 0 Å². The molecule has 0 amide bonds. The third-order valence-corrected chi connectivity index (χ3v) is 9.81. The second-order valence-electron chi connectivity index (χ2n) is 9.72. The summed E-state index contributed by atoms with van der Waals surface area (Å²) in [4.78, 5) is 1.16. The number of fused-ring (bicyclic) bond motifs is 1. The lowest BCUT2D eigenvalue weighted by atomic mass is 10.1. The predicted octanol–water partition coefficient (Wildman–Crippen LogP) is 7.24. The normalized spacial score (nSPS) is 17.3. The van der Waals surface area contributed by atoms with E-state index < -0.39 is 22.2 Å². The zero-order valence-electron chi connectivity index (χ0n) is 22.8. The molecule has 0 aromatic heterocycles. The topological polar surface area (TPSA) is 65.1 Å². The van der Waals surface area contributed by atoms with E-state index in [0.29, 0.717) is 12.4 Å². The number of rotatable bonds is 9. The number of benzene rings is 4. The number of hydrogen-bond donors (Lipinski definition) is 0. The number of nitrogens with zero attached hydrogens (tertiary/aromatic N) is 1. The monoisotopic (exact) mass is 575 g/mol. The van der Waals surface area contributed by atoms with Gasteiger partial charge in [0.2, 0.25) is 0 Å². The van der Waals surface area contributed by atoms with Gasteiger partial charge in [0.15, 0.2) is 10.6 Å². The Morgan fingerprint density at radius 3 is 2.40 bits per heavy atom. The molecule has 4 aromatic carbocycles. The van der Waals surface area contributed by atoms with Gasteiger partial charge >= 0.3 is 0 Å². The molecule has 0 fully saturated rings. The van der Waals surface area contributed by atoms with Crippen molar-refractivity contribution in [2.45, 2.75) is 42.4 Å². The maximum atomic E-state index is 14.4. The first kappa shape index (κ1) is 28.2. The Balaban J connectivity index is 1.51. The maximum absolute atomic E-state index is 14.4. The van der Waals surface area contributed by atoms with E-state index in [1.807, 2.05) is 99.0 Å². The maximum Gasteiger partial charge on any atom is 0.251 e. The van der Waals surface area contributed by atoms with Crippen molar-refractivity contribution in [3.05, 3.63) is 114 Å². The summed E-state index contributed by atoms with van der Waals surface area (Å²) in [5.74, 6) is 1.05. The lowest BCUT2D eigenvalue weighted by Gasteiger charge is -2.29. The van der Waals surface area contributed by atoms with E-state index in [4.69, 9.17) is 14.2 Å². The highest BCUT2D eigenvalue weighted by atomic mass is 32.2. The van der Waals surface area contributed by atoms with Crippen molar-refractivity contribution in [1.29, 1.82) is 0 Å². The number of aryl methyl sites for hydroxylation is 1. The standard InChI is InChI=1S/C32H33NO5S2/c1-23-19-27(17-18-31(23)39-3)37-29-15-10-16-30-32(29)40(34,35)33(24(2)26-13-8-5-9-14-26)20-28(38-30)22-36-21-25-11-6-4-7-12-25/h4-19,24,28H,20-22H2,1-3H3. The molecule has 0 aliphatic carbocycles. The number of sulfonamides is 1. The minimum atomic E-state index is -4.03. The quantitative estimate of drug-likeness (QED) is 0.196. The molecule has 1 aliphatic rings. The Hall–Kier alpha value is -3.30. The molecule has 0 bridgehead atoms. The van der Waals surface area contributed by atoms with Crippen LogP contribution in [0.4, 0.5) is 0 Å². The Kier molecular flexibility index (Phi) is 8.81. The number of thioether (sulfide) groups is 1. The van der Waals surface area contributed by atoms with E-state index in [0.717, 1.165) is 21.6 Å². The van der Waals surface area contributed by atoms with E-state index in [1.54, 1.807) is 30.0 Å². The van der Waals surface area contributed by atoms with Gasteiger partial charge in [-0.3, -0.25) is 0 Å². The van der Waals surface area contributed by atoms with Gasteiger partial charge in [-0.05, 0) is 67.1 Å². The number of hydrogen-bond acceptors (Lipinski definition) is 6. The average molecular weight is 576 g/mol. The summed E-state index contributed by atoms with van der Waals surface area (Å²) in [7, 11) is -4.03. The van der Waals surface area contributed by atoms with Gasteiger partial charge in [0.05, 0.1) is 19.8 Å². The molecule has 8 heteroatoms. The van der Waals surface area contributed by atoms with Gasteiger partial charge in [-0.1, -0.05) is 66.7 Å². The van der Waals surface area contributed by atoms with Crippen LogP contribution in [-0.4, -0.2) is 38.2 Å². The van der Waals surface area contributed by atoms with Crippen LogP contribution in [0.1, 0.15) is 29.7 Å². The first-order chi connectivity index (χ1) is 19.4. The van der Waals surface area contributed by atoms with Crippen molar-refractivity contribution in [2.24, 2.45) is 0 Å². The molecule has 6 nitrogen and oxygen atoms in total. The van der Waals surface area contributed by atoms with Crippen molar-refractivity contribution < 1.29 is 22.6 Å². The third kappa shape index (κ3) is 6.20. The van der Waals surface area contributed by atoms with Crippen LogP contribution in [0.25, 0.3) is 0 Å². The molecule has 208 valence electrons. The molecule has 0 saturated heterocycles. The van der Waals surface area contributed by atoms with Crippen molar-refractivity contribution in [2.75, 3.05) is 19.4 Å². The van der Waals surface area contributed by atoms with Gasteiger partial charge in [-0.15, -0.1) is 11.8 Å². The zero-order chi connectivity index (χ0) is 28.1. The molecule has 2 atom stereocenters.